The highest BCUT2D eigenvalue weighted by Gasteiger charge is 2.03. The molecule has 1 aromatic heterocycles. The lowest BCUT2D eigenvalue weighted by Gasteiger charge is -2.08. The van der Waals surface area contributed by atoms with Gasteiger partial charge in [-0.2, -0.15) is 5.10 Å². The van der Waals surface area contributed by atoms with Crippen LogP contribution in [0.1, 0.15) is 5.56 Å². The molecule has 0 saturated heterocycles. The Bertz CT molecular complexity index is 784. The number of rotatable bonds is 4. The van der Waals surface area contributed by atoms with E-state index in [9.17, 15) is 4.39 Å². The van der Waals surface area contributed by atoms with Gasteiger partial charge in [-0.1, -0.05) is 30.3 Å². The molecule has 2 aromatic carbocycles. The van der Waals surface area contributed by atoms with Gasteiger partial charge in [0, 0.05) is 18.0 Å². The van der Waals surface area contributed by atoms with Crippen LogP contribution in [0.3, 0.4) is 0 Å². The molecule has 2 N–H and O–H groups in total. The van der Waals surface area contributed by atoms with Crippen molar-refractivity contribution in [2.75, 3.05) is 10.6 Å². The van der Waals surface area contributed by atoms with Gasteiger partial charge in [-0.05, 0) is 42.0 Å². The van der Waals surface area contributed by atoms with Crippen LogP contribution < -0.4 is 10.6 Å². The molecule has 4 nitrogen and oxygen atoms in total. The predicted molar refractivity (Wildman–Crippen MR) is 94.0 cm³/mol. The molecule has 0 aliphatic carbocycles. The number of halogens is 1. The first-order chi connectivity index (χ1) is 11.2. The quantitative estimate of drug-likeness (QED) is 0.714. The molecule has 3 aromatic rings. The molecule has 116 valence electrons. The molecular formula is C17H15FN4S. The van der Waals surface area contributed by atoms with Crippen molar-refractivity contribution >= 4 is 28.8 Å². The maximum atomic E-state index is 12.9. The van der Waals surface area contributed by atoms with Crippen LogP contribution in [0.5, 0.6) is 0 Å². The van der Waals surface area contributed by atoms with Gasteiger partial charge in [-0.15, -0.1) is 0 Å². The predicted octanol–water partition coefficient (Wildman–Crippen LogP) is 3.88. The summed E-state index contributed by atoms with van der Waals surface area (Å²) in [6, 6.07) is 17.9. The van der Waals surface area contributed by atoms with Crippen LogP contribution in [0.25, 0.3) is 0 Å². The van der Waals surface area contributed by atoms with Crippen molar-refractivity contribution in [3.63, 3.8) is 0 Å². The summed E-state index contributed by atoms with van der Waals surface area (Å²) in [5.74, 6) is 0.370. The standard InChI is InChI=1S/C17H15FN4S/c18-14-6-8-15(9-7-14)19-17(23)20-16-10-11-22(21-16)12-13-4-2-1-3-5-13/h1-11H,12H2,(H2,19,20,21,23). The van der Waals surface area contributed by atoms with Crippen molar-refractivity contribution in [1.82, 2.24) is 9.78 Å². The molecule has 0 fully saturated rings. The number of nitrogens with one attached hydrogen (secondary N) is 2. The summed E-state index contributed by atoms with van der Waals surface area (Å²) in [6.07, 6.45) is 1.88. The summed E-state index contributed by atoms with van der Waals surface area (Å²) in [6.45, 7) is 0.695. The van der Waals surface area contributed by atoms with E-state index >= 15 is 0 Å². The second-order valence-corrected chi connectivity index (χ2v) is 5.38. The molecule has 1 heterocycles. The zero-order valence-electron chi connectivity index (χ0n) is 12.2. The van der Waals surface area contributed by atoms with E-state index in [0.717, 1.165) is 0 Å². The third-order valence-electron chi connectivity index (χ3n) is 3.17. The number of anilines is 2. The van der Waals surface area contributed by atoms with Gasteiger partial charge in [-0.25, -0.2) is 4.39 Å². The fraction of sp³-hybridized carbons (Fsp3) is 0.0588. The molecule has 0 saturated carbocycles. The first-order valence-corrected chi connectivity index (χ1v) is 7.51. The van der Waals surface area contributed by atoms with E-state index in [1.165, 1.54) is 17.7 Å². The summed E-state index contributed by atoms with van der Waals surface area (Å²) >= 11 is 5.22. The molecule has 0 radical (unpaired) electrons. The Kier molecular flexibility index (Phi) is 4.63. The van der Waals surface area contributed by atoms with Gasteiger partial charge in [0.25, 0.3) is 0 Å². The molecule has 0 amide bonds. The molecule has 0 atom stereocenters. The Balaban J connectivity index is 1.58. The number of hydrogen-bond donors (Lipinski definition) is 2. The lowest BCUT2D eigenvalue weighted by Crippen LogP contribution is -2.19. The summed E-state index contributed by atoms with van der Waals surface area (Å²) in [4.78, 5) is 0. The molecule has 0 unspecified atom stereocenters. The van der Waals surface area contributed by atoms with Crippen molar-refractivity contribution < 1.29 is 4.39 Å². The van der Waals surface area contributed by atoms with E-state index in [4.69, 9.17) is 12.2 Å². The minimum atomic E-state index is -0.283. The Morgan fingerprint density at radius 3 is 2.48 bits per heavy atom. The van der Waals surface area contributed by atoms with E-state index < -0.39 is 0 Å². The third kappa shape index (κ3) is 4.37. The van der Waals surface area contributed by atoms with Crippen LogP contribution in [0.2, 0.25) is 0 Å². The fourth-order valence-corrected chi connectivity index (χ4v) is 2.32. The average Bonchev–Trinajstić information content (AvgIpc) is 2.97. The summed E-state index contributed by atoms with van der Waals surface area (Å²) in [5.41, 5.74) is 1.89. The number of benzene rings is 2. The van der Waals surface area contributed by atoms with Crippen LogP contribution in [0.4, 0.5) is 15.9 Å². The molecule has 0 bridgehead atoms. The van der Waals surface area contributed by atoms with Gasteiger partial charge >= 0.3 is 0 Å². The first kappa shape index (κ1) is 15.2. The smallest absolute Gasteiger partial charge is 0.176 e. The highest BCUT2D eigenvalue weighted by atomic mass is 32.1. The molecule has 0 spiro atoms. The number of thiocarbonyl (C=S) groups is 1. The Morgan fingerprint density at radius 2 is 1.74 bits per heavy atom. The first-order valence-electron chi connectivity index (χ1n) is 7.10. The second-order valence-electron chi connectivity index (χ2n) is 4.97. The lowest BCUT2D eigenvalue weighted by molar-refractivity contribution is 0.628. The van der Waals surface area contributed by atoms with Crippen molar-refractivity contribution in [2.24, 2.45) is 0 Å². The number of nitrogens with zero attached hydrogens (tertiary/aromatic N) is 2. The van der Waals surface area contributed by atoms with E-state index in [1.807, 2.05) is 35.1 Å². The Morgan fingerprint density at radius 1 is 1.00 bits per heavy atom. The van der Waals surface area contributed by atoms with Gasteiger partial charge in [0.15, 0.2) is 10.9 Å². The van der Waals surface area contributed by atoms with Crippen LogP contribution in [0.15, 0.2) is 66.9 Å². The maximum Gasteiger partial charge on any atom is 0.176 e. The molecule has 0 aliphatic heterocycles. The average molecular weight is 326 g/mol. The van der Waals surface area contributed by atoms with Gasteiger partial charge in [0.1, 0.15) is 5.82 Å². The van der Waals surface area contributed by atoms with E-state index in [2.05, 4.69) is 27.9 Å². The summed E-state index contributed by atoms with van der Waals surface area (Å²) in [7, 11) is 0. The van der Waals surface area contributed by atoms with Gasteiger partial charge in [-0.3, -0.25) is 4.68 Å². The molecule has 6 heteroatoms. The SMILES string of the molecule is Fc1ccc(NC(=S)Nc2ccn(Cc3ccccc3)n2)cc1. The zero-order chi connectivity index (χ0) is 16.1. The largest absolute Gasteiger partial charge is 0.332 e. The van der Waals surface area contributed by atoms with Crippen molar-refractivity contribution in [3.05, 3.63) is 78.2 Å². The highest BCUT2D eigenvalue weighted by molar-refractivity contribution is 7.80. The van der Waals surface area contributed by atoms with Crippen LogP contribution in [-0.2, 0) is 6.54 Å². The van der Waals surface area contributed by atoms with Crippen molar-refractivity contribution in [2.45, 2.75) is 6.54 Å². The lowest BCUT2D eigenvalue weighted by atomic mass is 10.2. The molecule has 0 aliphatic rings. The fourth-order valence-electron chi connectivity index (χ4n) is 2.10. The van der Waals surface area contributed by atoms with Crippen LogP contribution in [-0.4, -0.2) is 14.9 Å². The third-order valence-corrected chi connectivity index (χ3v) is 3.38. The molecule has 23 heavy (non-hydrogen) atoms. The van der Waals surface area contributed by atoms with Crippen molar-refractivity contribution in [1.29, 1.82) is 0 Å². The zero-order valence-corrected chi connectivity index (χ0v) is 13.1. The summed E-state index contributed by atoms with van der Waals surface area (Å²) < 4.78 is 14.7. The molecule has 3 rings (SSSR count). The minimum absolute atomic E-state index is 0.283. The second kappa shape index (κ2) is 7.02. The van der Waals surface area contributed by atoms with Gasteiger partial charge in [0.2, 0.25) is 0 Å². The van der Waals surface area contributed by atoms with Crippen LogP contribution >= 0.6 is 12.2 Å². The van der Waals surface area contributed by atoms with E-state index in [-0.39, 0.29) is 5.82 Å². The topological polar surface area (TPSA) is 41.9 Å². The van der Waals surface area contributed by atoms with E-state index in [1.54, 1.807) is 12.1 Å². The summed E-state index contributed by atoms with van der Waals surface area (Å²) in [5, 5.41) is 10.8. The maximum absolute atomic E-state index is 12.9. The van der Waals surface area contributed by atoms with E-state index in [0.29, 0.717) is 23.2 Å². The highest BCUT2D eigenvalue weighted by Crippen LogP contribution is 2.10. The number of aromatic nitrogens is 2. The molecular weight excluding hydrogens is 311 g/mol. The number of hydrogen-bond acceptors (Lipinski definition) is 2. The van der Waals surface area contributed by atoms with Crippen LogP contribution in [0, 0.1) is 5.82 Å². The normalized spacial score (nSPS) is 10.3. The van der Waals surface area contributed by atoms with Crippen molar-refractivity contribution in [3.8, 4) is 0 Å². The Labute approximate surface area is 139 Å². The monoisotopic (exact) mass is 326 g/mol. The van der Waals surface area contributed by atoms with Gasteiger partial charge in [0.05, 0.1) is 6.54 Å². The Hall–Kier alpha value is -2.73. The van der Waals surface area contributed by atoms with Gasteiger partial charge < -0.3 is 10.6 Å². The minimum Gasteiger partial charge on any atom is -0.332 e.